The quantitative estimate of drug-likeness (QED) is 0.536. The van der Waals surface area contributed by atoms with Gasteiger partial charge in [-0.2, -0.15) is 0 Å². The molecule has 0 radical (unpaired) electrons. The van der Waals surface area contributed by atoms with E-state index in [0.717, 1.165) is 10.6 Å². The second-order valence-corrected chi connectivity index (χ2v) is 13.4. The molecule has 3 heteroatoms. The van der Waals surface area contributed by atoms with E-state index >= 15 is 0 Å². The lowest BCUT2D eigenvalue weighted by Gasteiger charge is -2.22. The van der Waals surface area contributed by atoms with Crippen LogP contribution in [0, 0.1) is 0 Å². The highest BCUT2D eigenvalue weighted by Crippen LogP contribution is 2.66. The summed E-state index contributed by atoms with van der Waals surface area (Å²) >= 11 is 0. The largest absolute Gasteiger partial charge is 0.314 e. The van der Waals surface area contributed by atoms with Crippen LogP contribution < -0.4 is 10.5 Å². The van der Waals surface area contributed by atoms with Gasteiger partial charge in [-0.3, -0.25) is 0 Å². The molecule has 1 nitrogen and oxygen atoms in total. The molecule has 0 aromatic heterocycles. The van der Waals surface area contributed by atoms with Gasteiger partial charge in [-0.25, -0.2) is 0 Å². The van der Waals surface area contributed by atoms with Gasteiger partial charge in [0.25, 0.3) is 0 Å². The second kappa shape index (κ2) is 3.63. The monoisotopic (exact) mass is 296 g/mol. The molecule has 100 valence electrons. The third-order valence-corrected chi connectivity index (χ3v) is 11.2. The lowest BCUT2D eigenvalue weighted by molar-refractivity contribution is 0.591. The average molecular weight is 296 g/mol. The van der Waals surface area contributed by atoms with Crippen molar-refractivity contribution in [2.24, 2.45) is 0 Å². The first-order valence-corrected chi connectivity index (χ1v) is 12.1. The molecule has 2 aliphatic heterocycles. The number of benzene rings is 2. The molecule has 2 aromatic carbocycles. The minimum Gasteiger partial charge on any atom is -0.314 e. The molecule has 2 heterocycles. The number of hydrogen-bond acceptors (Lipinski definition) is 1. The molecule has 20 heavy (non-hydrogen) atoms. The minimum absolute atomic E-state index is 1.07. The molecule has 0 saturated heterocycles. The van der Waals surface area contributed by atoms with E-state index in [1.807, 2.05) is 12.7 Å². The third-order valence-electron chi connectivity index (χ3n) is 4.78. The number of fused-ring (bicyclic) bond motifs is 4. The molecule has 0 amide bonds. The second-order valence-electron chi connectivity index (χ2n) is 6.34. The summed E-state index contributed by atoms with van der Waals surface area (Å²) < 4.78 is 13.5. The maximum absolute atomic E-state index is 13.5. The summed E-state index contributed by atoms with van der Waals surface area (Å²) in [5.74, 6) is 0. The molecule has 0 saturated carbocycles. The van der Waals surface area contributed by atoms with Crippen molar-refractivity contribution in [1.29, 1.82) is 0 Å². The minimum atomic E-state index is -2.43. The first-order valence-electron chi connectivity index (χ1n) is 6.98. The van der Waals surface area contributed by atoms with Crippen molar-refractivity contribution in [3.05, 3.63) is 59.7 Å². The molecule has 0 fully saturated rings. The molecular weight excluding hydrogens is 279 g/mol. The molecule has 0 N–H and O–H groups in total. The highest BCUT2D eigenvalue weighted by Gasteiger charge is 2.50. The predicted octanol–water partition coefficient (Wildman–Crippen LogP) is 3.65. The van der Waals surface area contributed by atoms with E-state index in [4.69, 9.17) is 0 Å². The summed E-state index contributed by atoms with van der Waals surface area (Å²) in [5, 5.41) is 5.09. The van der Waals surface area contributed by atoms with Gasteiger partial charge in [-0.15, -0.1) is 0 Å². The maximum Gasteiger partial charge on any atom is 0.141 e. The van der Waals surface area contributed by atoms with Crippen LogP contribution in [0.3, 0.4) is 0 Å². The summed E-state index contributed by atoms with van der Waals surface area (Å²) in [4.78, 5) is 0. The van der Waals surface area contributed by atoms with E-state index in [9.17, 15) is 4.57 Å². The fourth-order valence-electron chi connectivity index (χ4n) is 3.88. The van der Waals surface area contributed by atoms with Crippen LogP contribution in [0.15, 0.2) is 48.5 Å². The van der Waals surface area contributed by atoms with Crippen molar-refractivity contribution >= 4 is 36.2 Å². The topological polar surface area (TPSA) is 17.1 Å². The van der Waals surface area contributed by atoms with Crippen molar-refractivity contribution in [2.75, 3.05) is 6.66 Å². The van der Waals surface area contributed by atoms with Crippen molar-refractivity contribution in [1.82, 2.24) is 0 Å². The summed E-state index contributed by atoms with van der Waals surface area (Å²) in [6, 6.07) is 16.9. The molecule has 0 aliphatic carbocycles. The molecule has 2 aromatic rings. The fraction of sp³-hybridized carbons (Fsp3) is 0.176. The van der Waals surface area contributed by atoms with Crippen LogP contribution in [-0.2, 0) is 4.57 Å². The summed E-state index contributed by atoms with van der Waals surface area (Å²) in [6.07, 6.45) is 0. The van der Waals surface area contributed by atoms with Gasteiger partial charge >= 0.3 is 0 Å². The molecule has 0 spiro atoms. The van der Waals surface area contributed by atoms with Crippen LogP contribution >= 0.6 is 7.14 Å². The van der Waals surface area contributed by atoms with E-state index in [2.05, 4.69) is 55.6 Å². The Bertz CT molecular complexity index is 832. The van der Waals surface area contributed by atoms with E-state index in [-0.39, 0.29) is 0 Å². The Hall–Kier alpha value is -1.37. The Balaban J connectivity index is 2.16. The third kappa shape index (κ3) is 1.27. The first-order chi connectivity index (χ1) is 9.45. The van der Waals surface area contributed by atoms with Crippen LogP contribution in [0.1, 0.15) is 11.1 Å². The molecule has 0 bridgehead atoms. The van der Waals surface area contributed by atoms with Gasteiger partial charge in [0, 0.05) is 10.6 Å². The zero-order valence-corrected chi connectivity index (χ0v) is 13.9. The normalized spacial score (nSPS) is 25.4. The molecule has 4 rings (SSSR count). The highest BCUT2D eigenvalue weighted by molar-refractivity contribution is 7.82. The standard InChI is InChI=1S/C17H17OPSi/c1-19(18)14-10-6-4-8-12(14)17-16(19)13-9-5-7-11-15(13)20(17,2)3/h4-11H,1-3H3. The van der Waals surface area contributed by atoms with Gasteiger partial charge in [0.1, 0.15) is 15.2 Å². The average Bonchev–Trinajstić information content (AvgIpc) is 2.82. The van der Waals surface area contributed by atoms with Crippen LogP contribution in [0.25, 0.3) is 10.5 Å². The lowest BCUT2D eigenvalue weighted by atomic mass is 10.1. The van der Waals surface area contributed by atoms with E-state index in [0.29, 0.717) is 0 Å². The van der Waals surface area contributed by atoms with Gasteiger partial charge in [-0.1, -0.05) is 61.6 Å². The molecule has 2 aliphatic rings. The molecule has 1 atom stereocenters. The van der Waals surface area contributed by atoms with Crippen LogP contribution in [0.4, 0.5) is 0 Å². The van der Waals surface area contributed by atoms with Crippen molar-refractivity contribution in [3.63, 3.8) is 0 Å². The zero-order valence-electron chi connectivity index (χ0n) is 12.0. The summed E-state index contributed by atoms with van der Waals surface area (Å²) in [6.45, 7) is 6.72. The van der Waals surface area contributed by atoms with Crippen molar-refractivity contribution in [3.8, 4) is 0 Å². The van der Waals surface area contributed by atoms with Gasteiger partial charge in [-0.05, 0) is 28.2 Å². The molecular formula is C17H17OPSi. The summed E-state index contributed by atoms with van der Waals surface area (Å²) in [5.41, 5.74) is 2.50. The van der Waals surface area contributed by atoms with Crippen LogP contribution in [0.5, 0.6) is 0 Å². The van der Waals surface area contributed by atoms with E-state index < -0.39 is 15.2 Å². The smallest absolute Gasteiger partial charge is 0.141 e. The van der Waals surface area contributed by atoms with Crippen molar-refractivity contribution < 1.29 is 4.57 Å². The lowest BCUT2D eigenvalue weighted by Crippen LogP contribution is -2.41. The molecule has 1 unspecified atom stereocenters. The fourth-order valence-corrected chi connectivity index (χ4v) is 11.3. The Morgan fingerprint density at radius 3 is 2.25 bits per heavy atom. The SMILES string of the molecule is C[Si]1(C)C2=C(c3ccccc31)P(C)(=O)c1ccccc12. The van der Waals surface area contributed by atoms with Gasteiger partial charge in [0.15, 0.2) is 0 Å². The van der Waals surface area contributed by atoms with E-state index in [1.54, 1.807) is 0 Å². The summed E-state index contributed by atoms with van der Waals surface area (Å²) in [7, 11) is -4.16. The highest BCUT2D eigenvalue weighted by atomic mass is 31.2. The van der Waals surface area contributed by atoms with Crippen LogP contribution in [-0.4, -0.2) is 14.7 Å². The Morgan fingerprint density at radius 2 is 1.50 bits per heavy atom. The zero-order chi connectivity index (χ0) is 14.1. The predicted molar refractivity (Wildman–Crippen MR) is 90.0 cm³/mol. The Morgan fingerprint density at radius 1 is 0.900 bits per heavy atom. The van der Waals surface area contributed by atoms with Crippen LogP contribution in [0.2, 0.25) is 13.1 Å². The maximum atomic E-state index is 13.5. The Kier molecular flexibility index (Phi) is 2.25. The van der Waals surface area contributed by atoms with E-state index in [1.165, 1.54) is 21.5 Å². The van der Waals surface area contributed by atoms with Gasteiger partial charge in [0.2, 0.25) is 0 Å². The Labute approximate surface area is 120 Å². The van der Waals surface area contributed by atoms with Crippen molar-refractivity contribution in [2.45, 2.75) is 13.1 Å². The number of rotatable bonds is 0. The first kappa shape index (κ1) is 12.4. The number of hydrogen-bond donors (Lipinski definition) is 0. The van der Waals surface area contributed by atoms with Gasteiger partial charge in [0.05, 0.1) is 0 Å². The van der Waals surface area contributed by atoms with Gasteiger partial charge < -0.3 is 4.57 Å².